The van der Waals surface area contributed by atoms with Crippen LogP contribution in [0.5, 0.6) is 0 Å². The highest BCUT2D eigenvalue weighted by molar-refractivity contribution is 7.99. The van der Waals surface area contributed by atoms with Crippen molar-refractivity contribution in [3.8, 4) is 0 Å². The maximum atomic E-state index is 12.7. The van der Waals surface area contributed by atoms with E-state index in [1.165, 1.54) is 12.1 Å². The molecule has 0 spiro atoms. The van der Waals surface area contributed by atoms with Gasteiger partial charge in [-0.15, -0.1) is 11.8 Å². The fraction of sp³-hybridized carbons (Fsp3) is 0.357. The molecule has 3 nitrogen and oxygen atoms in total. The Labute approximate surface area is 118 Å². The maximum absolute atomic E-state index is 12.7. The highest BCUT2D eigenvalue weighted by Crippen LogP contribution is 2.18. The molecule has 0 atom stereocenters. The second-order valence-corrected chi connectivity index (χ2v) is 5.41. The van der Waals surface area contributed by atoms with Gasteiger partial charge in [0.25, 0.3) is 0 Å². The molecule has 0 heterocycles. The summed E-state index contributed by atoms with van der Waals surface area (Å²) in [6.07, 6.45) is 0.964. The zero-order valence-electron chi connectivity index (χ0n) is 11.2. The first-order valence-corrected chi connectivity index (χ1v) is 7.13. The van der Waals surface area contributed by atoms with Gasteiger partial charge in [0.05, 0.1) is 6.54 Å². The standard InChI is InChI=1S/C14H20FN3S/c1-11(2)10-18-14(16)17-8-3-9-19-13-6-4-12(15)5-7-13/h4-7H,1,3,8-10H2,2H3,(H3,16,17,18). The van der Waals surface area contributed by atoms with Crippen LogP contribution in [-0.2, 0) is 0 Å². The number of thioether (sulfide) groups is 1. The van der Waals surface area contributed by atoms with E-state index in [0.717, 1.165) is 29.2 Å². The Balaban J connectivity index is 2.12. The highest BCUT2D eigenvalue weighted by atomic mass is 32.2. The van der Waals surface area contributed by atoms with E-state index >= 15 is 0 Å². The van der Waals surface area contributed by atoms with E-state index in [0.29, 0.717) is 12.5 Å². The highest BCUT2D eigenvalue weighted by Gasteiger charge is 1.96. The molecule has 0 bridgehead atoms. The number of nitrogens with zero attached hydrogens (tertiary/aromatic N) is 1. The molecule has 0 amide bonds. The van der Waals surface area contributed by atoms with Gasteiger partial charge in [-0.25, -0.2) is 9.38 Å². The van der Waals surface area contributed by atoms with E-state index in [4.69, 9.17) is 5.73 Å². The molecule has 0 saturated carbocycles. The summed E-state index contributed by atoms with van der Waals surface area (Å²) in [5, 5.41) is 3.05. The van der Waals surface area contributed by atoms with E-state index < -0.39 is 0 Å². The van der Waals surface area contributed by atoms with Crippen molar-refractivity contribution < 1.29 is 4.39 Å². The molecule has 3 N–H and O–H groups in total. The second kappa shape index (κ2) is 8.58. The van der Waals surface area contributed by atoms with Gasteiger partial charge in [0.2, 0.25) is 0 Å². The number of aliphatic imine (C=N–C) groups is 1. The fourth-order valence-electron chi connectivity index (χ4n) is 1.29. The van der Waals surface area contributed by atoms with Gasteiger partial charge in [0.15, 0.2) is 5.96 Å². The van der Waals surface area contributed by atoms with Crippen molar-refractivity contribution in [1.82, 2.24) is 5.32 Å². The van der Waals surface area contributed by atoms with Crippen molar-refractivity contribution in [2.24, 2.45) is 10.7 Å². The van der Waals surface area contributed by atoms with Gasteiger partial charge >= 0.3 is 0 Å². The van der Waals surface area contributed by atoms with E-state index in [2.05, 4.69) is 16.9 Å². The first-order chi connectivity index (χ1) is 9.08. The normalized spacial score (nSPS) is 11.4. The number of benzene rings is 1. The Morgan fingerprint density at radius 2 is 2.11 bits per heavy atom. The molecule has 0 aromatic heterocycles. The molecule has 0 aliphatic carbocycles. The fourth-order valence-corrected chi connectivity index (χ4v) is 2.14. The summed E-state index contributed by atoms with van der Waals surface area (Å²) in [6, 6.07) is 6.53. The van der Waals surface area contributed by atoms with Crippen LogP contribution in [0.2, 0.25) is 0 Å². The molecule has 0 saturated heterocycles. The van der Waals surface area contributed by atoms with Crippen molar-refractivity contribution in [3.63, 3.8) is 0 Å². The summed E-state index contributed by atoms with van der Waals surface area (Å²) in [7, 11) is 0. The minimum absolute atomic E-state index is 0.201. The Bertz CT molecular complexity index is 429. The molecule has 1 rings (SSSR count). The quantitative estimate of drug-likeness (QED) is 0.266. The average molecular weight is 281 g/mol. The number of nitrogens with two attached hydrogens (primary N) is 1. The van der Waals surface area contributed by atoms with Gasteiger partial charge in [-0.1, -0.05) is 12.2 Å². The maximum Gasteiger partial charge on any atom is 0.188 e. The molecule has 0 aliphatic heterocycles. The molecular weight excluding hydrogens is 261 g/mol. The van der Waals surface area contributed by atoms with Crippen LogP contribution in [0.4, 0.5) is 4.39 Å². The first-order valence-electron chi connectivity index (χ1n) is 6.14. The average Bonchev–Trinajstić information content (AvgIpc) is 2.38. The third-order valence-corrected chi connectivity index (χ3v) is 3.33. The molecule has 1 aromatic rings. The molecule has 0 radical (unpaired) electrons. The van der Waals surface area contributed by atoms with Gasteiger partial charge in [-0.05, 0) is 43.4 Å². The van der Waals surface area contributed by atoms with Gasteiger partial charge < -0.3 is 11.1 Å². The Kier molecular flexibility index (Phi) is 7.03. The first kappa shape index (κ1) is 15.6. The minimum Gasteiger partial charge on any atom is -0.370 e. The number of hydrogen-bond acceptors (Lipinski definition) is 2. The van der Waals surface area contributed by atoms with Crippen molar-refractivity contribution in [2.45, 2.75) is 18.2 Å². The van der Waals surface area contributed by atoms with Crippen LogP contribution in [-0.4, -0.2) is 24.8 Å². The molecular formula is C14H20FN3S. The van der Waals surface area contributed by atoms with E-state index in [-0.39, 0.29) is 5.82 Å². The van der Waals surface area contributed by atoms with Crippen LogP contribution in [0.3, 0.4) is 0 Å². The molecule has 104 valence electrons. The predicted octanol–water partition coefficient (Wildman–Crippen LogP) is 2.79. The van der Waals surface area contributed by atoms with Gasteiger partial charge in [-0.3, -0.25) is 0 Å². The van der Waals surface area contributed by atoms with Crippen LogP contribution in [0.1, 0.15) is 13.3 Å². The molecule has 0 fully saturated rings. The SMILES string of the molecule is C=C(C)CN=C(N)NCCCSc1ccc(F)cc1. The zero-order chi connectivity index (χ0) is 14.1. The summed E-state index contributed by atoms with van der Waals surface area (Å²) in [5.41, 5.74) is 6.66. The van der Waals surface area contributed by atoms with Crippen molar-refractivity contribution >= 4 is 17.7 Å². The van der Waals surface area contributed by atoms with Crippen molar-refractivity contribution in [1.29, 1.82) is 0 Å². The van der Waals surface area contributed by atoms with Gasteiger partial charge in [-0.2, -0.15) is 0 Å². The Morgan fingerprint density at radius 3 is 2.74 bits per heavy atom. The number of nitrogens with one attached hydrogen (secondary N) is 1. The lowest BCUT2D eigenvalue weighted by atomic mass is 10.4. The number of hydrogen-bond donors (Lipinski definition) is 2. The topological polar surface area (TPSA) is 50.4 Å². The van der Waals surface area contributed by atoms with Crippen LogP contribution < -0.4 is 11.1 Å². The summed E-state index contributed by atoms with van der Waals surface area (Å²) in [4.78, 5) is 5.20. The van der Waals surface area contributed by atoms with Crippen molar-refractivity contribution in [3.05, 3.63) is 42.2 Å². The largest absolute Gasteiger partial charge is 0.370 e. The summed E-state index contributed by atoms with van der Waals surface area (Å²) in [6.45, 7) is 7.01. The number of guanidine groups is 1. The molecule has 1 aromatic carbocycles. The van der Waals surface area contributed by atoms with E-state index in [1.807, 2.05) is 6.92 Å². The lowest BCUT2D eigenvalue weighted by molar-refractivity contribution is 0.626. The third-order valence-electron chi connectivity index (χ3n) is 2.23. The van der Waals surface area contributed by atoms with E-state index in [1.54, 1.807) is 23.9 Å². The van der Waals surface area contributed by atoms with Gasteiger partial charge in [0, 0.05) is 11.4 Å². The zero-order valence-corrected chi connectivity index (χ0v) is 12.0. The molecule has 0 aliphatic rings. The third kappa shape index (κ3) is 7.51. The Hall–Kier alpha value is -1.49. The van der Waals surface area contributed by atoms with Crippen LogP contribution in [0.15, 0.2) is 46.3 Å². The smallest absolute Gasteiger partial charge is 0.188 e. The second-order valence-electron chi connectivity index (χ2n) is 4.24. The minimum atomic E-state index is -0.201. The van der Waals surface area contributed by atoms with Crippen LogP contribution >= 0.6 is 11.8 Å². The molecule has 0 unspecified atom stereocenters. The summed E-state index contributed by atoms with van der Waals surface area (Å²) < 4.78 is 12.7. The van der Waals surface area contributed by atoms with Crippen molar-refractivity contribution in [2.75, 3.05) is 18.8 Å². The number of halogens is 1. The van der Waals surface area contributed by atoms with Crippen LogP contribution in [0.25, 0.3) is 0 Å². The number of rotatable bonds is 7. The monoisotopic (exact) mass is 281 g/mol. The van der Waals surface area contributed by atoms with Crippen LogP contribution in [0, 0.1) is 5.82 Å². The summed E-state index contributed by atoms with van der Waals surface area (Å²) >= 11 is 1.70. The summed E-state index contributed by atoms with van der Waals surface area (Å²) in [5.74, 6) is 1.20. The molecule has 5 heteroatoms. The lowest BCUT2D eigenvalue weighted by Crippen LogP contribution is -2.32. The Morgan fingerprint density at radius 1 is 1.42 bits per heavy atom. The van der Waals surface area contributed by atoms with Gasteiger partial charge in [0.1, 0.15) is 5.82 Å². The lowest BCUT2D eigenvalue weighted by Gasteiger charge is -2.05. The molecule has 19 heavy (non-hydrogen) atoms. The van der Waals surface area contributed by atoms with E-state index in [9.17, 15) is 4.39 Å². The predicted molar refractivity (Wildman–Crippen MR) is 81.0 cm³/mol.